The Morgan fingerprint density at radius 2 is 1.63 bits per heavy atom. The Balaban J connectivity index is 1.83. The third-order valence-electron chi connectivity index (χ3n) is 3.00. The van der Waals surface area contributed by atoms with Crippen LogP contribution in [0.15, 0.2) is 60.7 Å². The highest BCUT2D eigenvalue weighted by molar-refractivity contribution is 5.93. The van der Waals surface area contributed by atoms with Crippen LogP contribution in [-0.4, -0.2) is 11.9 Å². The lowest BCUT2D eigenvalue weighted by Gasteiger charge is -2.11. The number of carbonyl (C=O) groups is 1. The summed E-state index contributed by atoms with van der Waals surface area (Å²) in [6.07, 6.45) is 0. The quantitative estimate of drug-likeness (QED) is 0.840. The smallest absolute Gasteiger partial charge is 0.282 e. The van der Waals surface area contributed by atoms with Gasteiger partial charge in [-0.15, -0.1) is 0 Å². The van der Waals surface area contributed by atoms with E-state index in [-0.39, 0.29) is 11.9 Å². The lowest BCUT2D eigenvalue weighted by molar-refractivity contribution is -0.688. The van der Waals surface area contributed by atoms with Crippen LogP contribution in [-0.2, 0) is 11.3 Å². The first kappa shape index (κ1) is 13.3. The molecule has 0 bridgehead atoms. The topological polar surface area (TPSA) is 45.7 Å². The second kappa shape index (κ2) is 6.71. The van der Waals surface area contributed by atoms with E-state index in [1.54, 1.807) is 0 Å². The number of rotatable bonds is 5. The number of benzene rings is 2. The second-order valence-corrected chi connectivity index (χ2v) is 4.57. The zero-order chi connectivity index (χ0) is 13.5. The Morgan fingerprint density at radius 1 is 1.05 bits per heavy atom. The number of quaternary nitrogens is 1. The van der Waals surface area contributed by atoms with E-state index >= 15 is 0 Å². The summed E-state index contributed by atoms with van der Waals surface area (Å²) in [5.74, 6) is 0.0298. The first-order valence-electron chi connectivity index (χ1n) is 6.49. The zero-order valence-electron chi connectivity index (χ0n) is 11.0. The molecule has 1 amide bonds. The van der Waals surface area contributed by atoms with Gasteiger partial charge < -0.3 is 10.6 Å². The van der Waals surface area contributed by atoms with Crippen LogP contribution in [0, 0.1) is 0 Å². The van der Waals surface area contributed by atoms with Crippen LogP contribution >= 0.6 is 0 Å². The molecule has 0 saturated carbocycles. The number of carbonyl (C=O) groups excluding carboxylic acids is 1. The normalized spacial score (nSPS) is 11.8. The highest BCUT2D eigenvalue weighted by Gasteiger charge is 2.15. The average molecular weight is 255 g/mol. The minimum absolute atomic E-state index is 0.0298. The van der Waals surface area contributed by atoms with Gasteiger partial charge in [-0.2, -0.15) is 0 Å². The van der Waals surface area contributed by atoms with E-state index in [9.17, 15) is 4.79 Å². The molecule has 2 aromatic rings. The maximum Gasteiger partial charge on any atom is 0.282 e. The zero-order valence-corrected chi connectivity index (χ0v) is 11.0. The minimum Gasteiger partial charge on any atom is -0.333 e. The molecule has 0 radical (unpaired) electrons. The average Bonchev–Trinajstić information content (AvgIpc) is 2.47. The standard InChI is InChI=1S/C16H18N2O/c1-13(17-12-14-8-4-2-5-9-14)16(19)18-15-10-6-3-7-11-15/h2-11,13,17H,12H2,1H3,(H,18,19)/p+1/t13-/m0/s1. The first-order chi connectivity index (χ1) is 9.25. The van der Waals surface area contributed by atoms with E-state index in [2.05, 4.69) is 17.4 Å². The summed E-state index contributed by atoms with van der Waals surface area (Å²) in [7, 11) is 0. The fourth-order valence-corrected chi connectivity index (χ4v) is 1.81. The number of hydrogen-bond acceptors (Lipinski definition) is 1. The van der Waals surface area contributed by atoms with E-state index in [0.29, 0.717) is 0 Å². The van der Waals surface area contributed by atoms with E-state index in [1.807, 2.05) is 60.8 Å². The van der Waals surface area contributed by atoms with Gasteiger partial charge in [0.2, 0.25) is 0 Å². The van der Waals surface area contributed by atoms with Gasteiger partial charge >= 0.3 is 0 Å². The molecule has 0 aromatic heterocycles. The number of nitrogens with two attached hydrogens (primary N) is 1. The summed E-state index contributed by atoms with van der Waals surface area (Å²) >= 11 is 0. The van der Waals surface area contributed by atoms with Gasteiger partial charge in [-0.1, -0.05) is 48.5 Å². The highest BCUT2D eigenvalue weighted by atomic mass is 16.2. The van der Waals surface area contributed by atoms with Crippen molar-refractivity contribution in [3.63, 3.8) is 0 Å². The number of hydrogen-bond donors (Lipinski definition) is 2. The molecule has 0 saturated heterocycles. The van der Waals surface area contributed by atoms with Crippen molar-refractivity contribution in [2.24, 2.45) is 0 Å². The molecule has 3 N–H and O–H groups in total. The molecule has 0 aliphatic carbocycles. The molecule has 19 heavy (non-hydrogen) atoms. The number of para-hydroxylation sites is 1. The van der Waals surface area contributed by atoms with Gasteiger partial charge in [0.1, 0.15) is 6.54 Å². The van der Waals surface area contributed by atoms with Crippen LogP contribution in [0.3, 0.4) is 0 Å². The van der Waals surface area contributed by atoms with Crippen LogP contribution in [0.25, 0.3) is 0 Å². The molecule has 0 aliphatic rings. The first-order valence-corrected chi connectivity index (χ1v) is 6.49. The molecule has 0 aliphatic heterocycles. The van der Waals surface area contributed by atoms with E-state index in [1.165, 1.54) is 5.56 Å². The third kappa shape index (κ3) is 4.23. The molecule has 0 spiro atoms. The lowest BCUT2D eigenvalue weighted by atomic mass is 10.2. The Morgan fingerprint density at radius 3 is 2.26 bits per heavy atom. The van der Waals surface area contributed by atoms with Crippen molar-refractivity contribution < 1.29 is 10.1 Å². The van der Waals surface area contributed by atoms with Gasteiger partial charge in [-0.05, 0) is 19.1 Å². The van der Waals surface area contributed by atoms with Crippen molar-refractivity contribution >= 4 is 11.6 Å². The van der Waals surface area contributed by atoms with Crippen molar-refractivity contribution in [3.05, 3.63) is 66.2 Å². The summed E-state index contributed by atoms with van der Waals surface area (Å²) in [5.41, 5.74) is 2.06. The molecule has 98 valence electrons. The fraction of sp³-hybridized carbons (Fsp3) is 0.188. The van der Waals surface area contributed by atoms with Crippen LogP contribution in [0.4, 0.5) is 5.69 Å². The third-order valence-corrected chi connectivity index (χ3v) is 3.00. The van der Waals surface area contributed by atoms with Crippen LogP contribution in [0.5, 0.6) is 0 Å². The summed E-state index contributed by atoms with van der Waals surface area (Å²) < 4.78 is 0. The molecule has 0 unspecified atom stereocenters. The molecule has 0 fully saturated rings. The van der Waals surface area contributed by atoms with Gasteiger partial charge in [0.15, 0.2) is 6.04 Å². The predicted octanol–water partition coefficient (Wildman–Crippen LogP) is 1.78. The summed E-state index contributed by atoms with van der Waals surface area (Å²) in [5, 5.41) is 4.94. The number of nitrogens with one attached hydrogen (secondary N) is 1. The summed E-state index contributed by atoms with van der Waals surface area (Å²) in [6, 6.07) is 19.6. The molecule has 2 aromatic carbocycles. The van der Waals surface area contributed by atoms with Crippen molar-refractivity contribution in [1.29, 1.82) is 0 Å². The summed E-state index contributed by atoms with van der Waals surface area (Å²) in [6.45, 7) is 2.73. The van der Waals surface area contributed by atoms with Gasteiger partial charge in [0, 0.05) is 11.3 Å². The van der Waals surface area contributed by atoms with Gasteiger partial charge in [0.05, 0.1) is 0 Å². The molecular weight excluding hydrogens is 236 g/mol. The molecule has 3 nitrogen and oxygen atoms in total. The van der Waals surface area contributed by atoms with Crippen LogP contribution in [0.1, 0.15) is 12.5 Å². The summed E-state index contributed by atoms with van der Waals surface area (Å²) in [4.78, 5) is 12.0. The van der Waals surface area contributed by atoms with E-state index < -0.39 is 0 Å². The largest absolute Gasteiger partial charge is 0.333 e. The maximum absolute atomic E-state index is 12.0. The van der Waals surface area contributed by atoms with Crippen molar-refractivity contribution in [1.82, 2.24) is 0 Å². The lowest BCUT2D eigenvalue weighted by Crippen LogP contribution is -2.90. The van der Waals surface area contributed by atoms with Crippen molar-refractivity contribution in [2.75, 3.05) is 5.32 Å². The number of anilines is 1. The van der Waals surface area contributed by atoms with Gasteiger partial charge in [-0.25, -0.2) is 0 Å². The predicted molar refractivity (Wildman–Crippen MR) is 76.6 cm³/mol. The molecule has 3 heteroatoms. The van der Waals surface area contributed by atoms with Crippen molar-refractivity contribution in [3.8, 4) is 0 Å². The van der Waals surface area contributed by atoms with Crippen molar-refractivity contribution in [2.45, 2.75) is 19.5 Å². The van der Waals surface area contributed by atoms with Gasteiger partial charge in [-0.3, -0.25) is 4.79 Å². The minimum atomic E-state index is -0.111. The highest BCUT2D eigenvalue weighted by Crippen LogP contribution is 2.04. The SMILES string of the molecule is C[C@H]([NH2+]Cc1ccccc1)C(=O)Nc1ccccc1. The van der Waals surface area contributed by atoms with Crippen LogP contribution in [0.2, 0.25) is 0 Å². The van der Waals surface area contributed by atoms with Gasteiger partial charge in [0.25, 0.3) is 5.91 Å². The second-order valence-electron chi connectivity index (χ2n) is 4.57. The fourth-order valence-electron chi connectivity index (χ4n) is 1.81. The Bertz CT molecular complexity index is 511. The molecule has 0 heterocycles. The Hall–Kier alpha value is -2.13. The van der Waals surface area contributed by atoms with Crippen LogP contribution < -0.4 is 10.6 Å². The Kier molecular flexibility index (Phi) is 4.70. The number of amides is 1. The molecule has 2 rings (SSSR count). The van der Waals surface area contributed by atoms with E-state index in [0.717, 1.165) is 12.2 Å². The molecular formula is C16H19N2O+. The monoisotopic (exact) mass is 255 g/mol. The van der Waals surface area contributed by atoms with E-state index in [4.69, 9.17) is 0 Å². The maximum atomic E-state index is 12.0. The molecule has 1 atom stereocenters. The Labute approximate surface area is 113 Å².